The molecule has 0 aliphatic carbocycles. The molecule has 104 valence electrons. The molecule has 0 unspecified atom stereocenters. The van der Waals surface area contributed by atoms with Gasteiger partial charge in [-0.15, -0.1) is 0 Å². The van der Waals surface area contributed by atoms with Gasteiger partial charge in [0, 0.05) is 11.6 Å². The van der Waals surface area contributed by atoms with Gasteiger partial charge in [-0.25, -0.2) is 9.18 Å². The van der Waals surface area contributed by atoms with Crippen molar-refractivity contribution in [1.29, 1.82) is 0 Å². The zero-order valence-corrected chi connectivity index (χ0v) is 11.2. The number of aliphatic carboxylic acids is 1. The molecule has 0 aliphatic rings. The van der Waals surface area contributed by atoms with Crippen molar-refractivity contribution in [3.05, 3.63) is 35.7 Å². The molecule has 1 aromatic rings. The molecule has 4 heteroatoms. The van der Waals surface area contributed by atoms with E-state index in [4.69, 9.17) is 9.84 Å². The Morgan fingerprint density at radius 3 is 2.84 bits per heavy atom. The number of ether oxygens (including phenoxy) is 1. The summed E-state index contributed by atoms with van der Waals surface area (Å²) >= 11 is 0. The lowest BCUT2D eigenvalue weighted by atomic mass is 10.1. The normalized spacial score (nSPS) is 11.2. The first-order valence-electron chi connectivity index (χ1n) is 6.33. The fourth-order valence-electron chi connectivity index (χ4n) is 1.64. The molecule has 0 aliphatic heterocycles. The smallest absolute Gasteiger partial charge is 0.328 e. The van der Waals surface area contributed by atoms with Crippen molar-refractivity contribution >= 4 is 12.0 Å². The first-order chi connectivity index (χ1) is 9.00. The number of carboxylic acids is 1. The zero-order chi connectivity index (χ0) is 14.3. The Balaban J connectivity index is 2.72. The number of carbonyl (C=O) groups is 1. The molecule has 1 aromatic carbocycles. The first-order valence-corrected chi connectivity index (χ1v) is 6.33. The lowest BCUT2D eigenvalue weighted by molar-refractivity contribution is -0.131. The number of benzene rings is 1. The van der Waals surface area contributed by atoms with Crippen LogP contribution in [0.1, 0.15) is 32.3 Å². The van der Waals surface area contributed by atoms with Crippen LogP contribution in [0.25, 0.3) is 6.08 Å². The summed E-state index contributed by atoms with van der Waals surface area (Å²) in [6.45, 7) is 4.65. The van der Waals surface area contributed by atoms with Gasteiger partial charge in [-0.3, -0.25) is 0 Å². The van der Waals surface area contributed by atoms with Crippen molar-refractivity contribution < 1.29 is 19.0 Å². The van der Waals surface area contributed by atoms with Crippen LogP contribution in [-0.2, 0) is 4.79 Å². The van der Waals surface area contributed by atoms with Crippen LogP contribution in [0.15, 0.2) is 24.3 Å². The summed E-state index contributed by atoms with van der Waals surface area (Å²) in [5.74, 6) is -0.855. The van der Waals surface area contributed by atoms with E-state index >= 15 is 0 Å². The minimum absolute atomic E-state index is 0.115. The average molecular weight is 266 g/mol. The van der Waals surface area contributed by atoms with Gasteiger partial charge < -0.3 is 9.84 Å². The second-order valence-corrected chi connectivity index (χ2v) is 4.71. The summed E-state index contributed by atoms with van der Waals surface area (Å²) in [4.78, 5) is 10.5. The minimum atomic E-state index is -1.07. The molecule has 0 radical (unpaired) electrons. The maximum atomic E-state index is 13.7. The Bertz CT molecular complexity index is 453. The SMILES string of the molecule is CC(C)CCCOc1c(F)cccc1/C=C/C(=O)O. The van der Waals surface area contributed by atoms with Gasteiger partial charge in [-0.2, -0.15) is 0 Å². The highest BCUT2D eigenvalue weighted by Crippen LogP contribution is 2.24. The number of hydrogen-bond donors (Lipinski definition) is 1. The molecule has 0 spiro atoms. The van der Waals surface area contributed by atoms with Crippen molar-refractivity contribution in [2.45, 2.75) is 26.7 Å². The van der Waals surface area contributed by atoms with Gasteiger partial charge in [-0.1, -0.05) is 26.0 Å². The molecule has 0 saturated heterocycles. The quantitative estimate of drug-likeness (QED) is 0.604. The van der Waals surface area contributed by atoms with Crippen molar-refractivity contribution in [3.63, 3.8) is 0 Å². The van der Waals surface area contributed by atoms with Gasteiger partial charge in [0.25, 0.3) is 0 Å². The number of carboxylic acid groups (broad SMARTS) is 1. The van der Waals surface area contributed by atoms with Crippen LogP contribution in [0.4, 0.5) is 4.39 Å². The Hall–Kier alpha value is -1.84. The van der Waals surface area contributed by atoms with Gasteiger partial charge in [0.1, 0.15) is 0 Å². The van der Waals surface area contributed by atoms with Crippen LogP contribution in [0.3, 0.4) is 0 Å². The van der Waals surface area contributed by atoms with Crippen molar-refractivity contribution in [1.82, 2.24) is 0 Å². The van der Waals surface area contributed by atoms with Gasteiger partial charge in [-0.05, 0) is 30.9 Å². The maximum Gasteiger partial charge on any atom is 0.328 e. The fourth-order valence-corrected chi connectivity index (χ4v) is 1.64. The first kappa shape index (κ1) is 15.2. The van der Waals surface area contributed by atoms with E-state index in [1.165, 1.54) is 18.2 Å². The number of halogens is 1. The summed E-state index contributed by atoms with van der Waals surface area (Å²) in [5, 5.41) is 8.59. The highest BCUT2D eigenvalue weighted by molar-refractivity contribution is 5.85. The van der Waals surface area contributed by atoms with Crippen LogP contribution in [0.5, 0.6) is 5.75 Å². The molecule has 0 aromatic heterocycles. The van der Waals surface area contributed by atoms with Gasteiger partial charge in [0.15, 0.2) is 11.6 Å². The monoisotopic (exact) mass is 266 g/mol. The molecule has 19 heavy (non-hydrogen) atoms. The predicted octanol–water partition coefficient (Wildman–Crippen LogP) is 3.74. The van der Waals surface area contributed by atoms with E-state index in [0.717, 1.165) is 18.9 Å². The predicted molar refractivity (Wildman–Crippen MR) is 72.6 cm³/mol. The second kappa shape index (κ2) is 7.56. The largest absolute Gasteiger partial charge is 0.490 e. The summed E-state index contributed by atoms with van der Waals surface area (Å²) in [5.41, 5.74) is 0.437. The molecule has 0 fully saturated rings. The third-order valence-corrected chi connectivity index (χ3v) is 2.58. The Kier molecular flexibility index (Phi) is 6.06. The van der Waals surface area contributed by atoms with Crippen LogP contribution in [-0.4, -0.2) is 17.7 Å². The molecule has 0 saturated carbocycles. The summed E-state index contributed by atoms with van der Waals surface area (Å²) in [6.07, 6.45) is 4.15. The number of hydrogen-bond acceptors (Lipinski definition) is 2. The average Bonchev–Trinajstić information content (AvgIpc) is 2.33. The number of para-hydroxylation sites is 1. The van der Waals surface area contributed by atoms with Crippen LogP contribution < -0.4 is 4.74 Å². The topological polar surface area (TPSA) is 46.5 Å². The summed E-state index contributed by atoms with van der Waals surface area (Å²) < 4.78 is 19.1. The lowest BCUT2D eigenvalue weighted by Crippen LogP contribution is -2.02. The lowest BCUT2D eigenvalue weighted by Gasteiger charge is -2.11. The third-order valence-electron chi connectivity index (χ3n) is 2.58. The highest BCUT2D eigenvalue weighted by atomic mass is 19.1. The Morgan fingerprint density at radius 2 is 2.21 bits per heavy atom. The minimum Gasteiger partial charge on any atom is -0.490 e. The van der Waals surface area contributed by atoms with E-state index in [1.54, 1.807) is 6.07 Å². The van der Waals surface area contributed by atoms with Gasteiger partial charge >= 0.3 is 5.97 Å². The molecular formula is C15H19FO3. The van der Waals surface area contributed by atoms with Crippen LogP contribution in [0, 0.1) is 11.7 Å². The molecule has 1 rings (SSSR count). The standard InChI is InChI=1S/C15H19FO3/c1-11(2)5-4-10-19-15-12(8-9-14(17)18)6-3-7-13(15)16/h3,6-9,11H,4-5,10H2,1-2H3,(H,17,18)/b9-8+. The van der Waals surface area contributed by atoms with Crippen LogP contribution >= 0.6 is 0 Å². The zero-order valence-electron chi connectivity index (χ0n) is 11.2. The summed E-state index contributed by atoms with van der Waals surface area (Å²) in [6, 6.07) is 4.45. The third kappa shape index (κ3) is 5.55. The van der Waals surface area contributed by atoms with E-state index < -0.39 is 11.8 Å². The van der Waals surface area contributed by atoms with E-state index in [9.17, 15) is 9.18 Å². The molecule has 0 heterocycles. The molecule has 0 atom stereocenters. The van der Waals surface area contributed by atoms with Gasteiger partial charge in [0.05, 0.1) is 6.61 Å². The maximum absolute atomic E-state index is 13.7. The molecule has 1 N–H and O–H groups in total. The molecule has 0 bridgehead atoms. The molecular weight excluding hydrogens is 247 g/mol. The molecule has 0 amide bonds. The molecule has 3 nitrogen and oxygen atoms in total. The fraction of sp³-hybridized carbons (Fsp3) is 0.400. The van der Waals surface area contributed by atoms with Gasteiger partial charge in [0.2, 0.25) is 0 Å². The van der Waals surface area contributed by atoms with Crippen LogP contribution in [0.2, 0.25) is 0 Å². The Morgan fingerprint density at radius 1 is 1.47 bits per heavy atom. The highest BCUT2D eigenvalue weighted by Gasteiger charge is 2.08. The Labute approximate surface area is 112 Å². The van der Waals surface area contributed by atoms with Crippen molar-refractivity contribution in [2.24, 2.45) is 5.92 Å². The van der Waals surface area contributed by atoms with Crippen molar-refractivity contribution in [2.75, 3.05) is 6.61 Å². The van der Waals surface area contributed by atoms with E-state index in [-0.39, 0.29) is 5.75 Å². The van der Waals surface area contributed by atoms with E-state index in [2.05, 4.69) is 13.8 Å². The van der Waals surface area contributed by atoms with E-state index in [1.807, 2.05) is 0 Å². The number of rotatable bonds is 7. The second-order valence-electron chi connectivity index (χ2n) is 4.71. The van der Waals surface area contributed by atoms with E-state index in [0.29, 0.717) is 18.1 Å². The van der Waals surface area contributed by atoms with Crippen molar-refractivity contribution in [3.8, 4) is 5.75 Å². The summed E-state index contributed by atoms with van der Waals surface area (Å²) in [7, 11) is 0.